The highest BCUT2D eigenvalue weighted by molar-refractivity contribution is 5.97. The molecule has 15 heteroatoms. The third-order valence-electron chi connectivity index (χ3n) is 4.87. The van der Waals surface area contributed by atoms with Crippen molar-refractivity contribution in [3.63, 3.8) is 0 Å². The van der Waals surface area contributed by atoms with Crippen molar-refractivity contribution in [2.75, 3.05) is 5.73 Å². The largest absolute Gasteiger partial charge is 0.426 e. The number of alkyl halides is 8. The van der Waals surface area contributed by atoms with Gasteiger partial charge in [-0.15, -0.1) is 10.2 Å². The smallest absolute Gasteiger partial charge is 0.416 e. The summed E-state index contributed by atoms with van der Waals surface area (Å²) in [6, 6.07) is 0.301. The van der Waals surface area contributed by atoms with Gasteiger partial charge < -0.3 is 15.3 Å². The molecule has 0 aromatic carbocycles. The molecule has 0 fully saturated rings. The summed E-state index contributed by atoms with van der Waals surface area (Å²) in [6.07, 6.45) is -16.2. The second-order valence-electron chi connectivity index (χ2n) is 7.22. The van der Waals surface area contributed by atoms with Crippen LogP contribution in [-0.2, 0) is 11.8 Å². The van der Waals surface area contributed by atoms with Gasteiger partial charge in [0.05, 0.1) is 11.3 Å². The van der Waals surface area contributed by atoms with Crippen molar-refractivity contribution in [2.24, 2.45) is 0 Å². The van der Waals surface area contributed by atoms with Crippen molar-refractivity contribution in [3.8, 4) is 11.6 Å². The molecule has 1 aliphatic rings. The maximum atomic E-state index is 14.1. The first-order valence-corrected chi connectivity index (χ1v) is 8.97. The van der Waals surface area contributed by atoms with E-state index in [1.165, 1.54) is 0 Å². The van der Waals surface area contributed by atoms with Gasteiger partial charge in [-0.1, -0.05) is 0 Å². The average molecular weight is 474 g/mol. The summed E-state index contributed by atoms with van der Waals surface area (Å²) >= 11 is 0. The van der Waals surface area contributed by atoms with E-state index in [1.807, 2.05) is 0 Å². The molecule has 3 heterocycles. The minimum absolute atomic E-state index is 0.301. The molecule has 0 saturated carbocycles. The highest BCUT2D eigenvalue weighted by atomic mass is 19.4. The number of anilines is 1. The number of nitrogen functional groups attached to an aromatic ring is 1. The van der Waals surface area contributed by atoms with E-state index >= 15 is 0 Å². The number of halogens is 8. The molecule has 3 N–H and O–H groups in total. The van der Waals surface area contributed by atoms with Crippen LogP contribution in [0, 0.1) is 0 Å². The van der Waals surface area contributed by atoms with Gasteiger partial charge in [0.2, 0.25) is 11.5 Å². The molecule has 0 radical (unpaired) electrons. The minimum Gasteiger partial charge on any atom is -0.416 e. The number of nitrogens with zero attached hydrogens (tertiary/aromatic N) is 3. The van der Waals surface area contributed by atoms with Crippen molar-refractivity contribution < 1.29 is 49.4 Å². The summed E-state index contributed by atoms with van der Waals surface area (Å²) in [7, 11) is 0. The quantitative estimate of drug-likeness (QED) is 0.548. The molecule has 2 aromatic rings. The van der Waals surface area contributed by atoms with Gasteiger partial charge >= 0.3 is 12.4 Å². The number of aromatic nitrogens is 3. The molecular weight excluding hydrogens is 460 g/mol. The molecule has 3 rings (SSSR count). The molecule has 1 aliphatic heterocycles. The normalized spacial score (nSPS) is 22.5. The van der Waals surface area contributed by atoms with Gasteiger partial charge in [-0.3, -0.25) is 4.79 Å². The van der Waals surface area contributed by atoms with Gasteiger partial charge in [0.25, 0.3) is 11.8 Å². The number of nitrogens with two attached hydrogens (primary N) is 1. The third kappa shape index (κ3) is 4.38. The van der Waals surface area contributed by atoms with Gasteiger partial charge in [0, 0.05) is 19.3 Å². The Morgan fingerprint density at radius 1 is 1.03 bits per heavy atom. The van der Waals surface area contributed by atoms with Crippen LogP contribution in [0.4, 0.5) is 40.8 Å². The molecule has 7 nitrogen and oxygen atoms in total. The maximum Gasteiger partial charge on any atom is 0.426 e. The number of carbonyl (C=O) groups is 1. The fraction of sp³-hybridized carbons (Fsp3) is 0.529. The number of pyridine rings is 1. The molecule has 0 saturated heterocycles. The Balaban J connectivity index is 2.23. The van der Waals surface area contributed by atoms with Gasteiger partial charge in [-0.25, -0.2) is 13.8 Å². The van der Waals surface area contributed by atoms with Gasteiger partial charge in [-0.05, 0) is 18.9 Å². The molecule has 32 heavy (non-hydrogen) atoms. The number of aliphatic hydroxyl groups is 1. The van der Waals surface area contributed by atoms with Crippen molar-refractivity contribution in [2.45, 2.75) is 56.0 Å². The van der Waals surface area contributed by atoms with Crippen molar-refractivity contribution >= 4 is 11.5 Å². The average Bonchev–Trinajstić information content (AvgIpc) is 3.13. The Kier molecular flexibility index (Phi) is 5.68. The lowest BCUT2D eigenvalue weighted by Gasteiger charge is -2.28. The van der Waals surface area contributed by atoms with Crippen LogP contribution < -0.4 is 5.73 Å². The maximum absolute atomic E-state index is 14.1. The minimum atomic E-state index is -5.51. The monoisotopic (exact) mass is 474 g/mol. The third-order valence-corrected chi connectivity index (χ3v) is 4.87. The van der Waals surface area contributed by atoms with Crippen LogP contribution in [0.5, 0.6) is 0 Å². The van der Waals surface area contributed by atoms with E-state index in [4.69, 9.17) is 10.2 Å². The van der Waals surface area contributed by atoms with E-state index in [9.17, 15) is 45.0 Å². The van der Waals surface area contributed by atoms with Gasteiger partial charge in [0.15, 0.2) is 11.5 Å². The van der Waals surface area contributed by atoms with Crippen molar-refractivity contribution in [1.29, 1.82) is 0 Å². The second kappa shape index (κ2) is 7.64. The number of hydrogen-bond donors (Lipinski definition) is 2. The molecular formula is C17H14F8N4O3. The molecule has 1 unspecified atom stereocenters. The topological polar surface area (TPSA) is 115 Å². The summed E-state index contributed by atoms with van der Waals surface area (Å²) in [6.45, 7) is 0. The first-order chi connectivity index (χ1) is 14.6. The highest BCUT2D eigenvalue weighted by Crippen LogP contribution is 2.45. The van der Waals surface area contributed by atoms with Crippen LogP contribution in [-0.4, -0.2) is 38.2 Å². The number of fused-ring (bicyclic) bond motifs is 5. The SMILES string of the molecule is Nc1cc(C(F)(F)F)c2nc1-c1nnc(o1)C(O)(C(F)(F)F)CCC(F)(F)CCCC2=O. The Morgan fingerprint density at radius 3 is 2.28 bits per heavy atom. The zero-order valence-corrected chi connectivity index (χ0v) is 15.8. The first kappa shape index (κ1) is 23.8. The molecule has 0 aliphatic carbocycles. The zero-order chi connectivity index (χ0) is 24.1. The highest BCUT2D eigenvalue weighted by Gasteiger charge is 2.59. The number of carbonyl (C=O) groups excluding carboxylic acids is 1. The predicted octanol–water partition coefficient (Wildman–Crippen LogP) is 4.26. The van der Waals surface area contributed by atoms with Crippen LogP contribution in [0.2, 0.25) is 0 Å². The Bertz CT molecular complexity index is 1030. The summed E-state index contributed by atoms with van der Waals surface area (Å²) in [4.78, 5) is 15.8. The molecule has 0 amide bonds. The Labute approximate surface area is 173 Å². The van der Waals surface area contributed by atoms with E-state index in [1.54, 1.807) is 0 Å². The van der Waals surface area contributed by atoms with E-state index in [-0.39, 0.29) is 0 Å². The predicted molar refractivity (Wildman–Crippen MR) is 89.3 cm³/mol. The van der Waals surface area contributed by atoms with Crippen LogP contribution in [0.25, 0.3) is 11.6 Å². The lowest BCUT2D eigenvalue weighted by Crippen LogP contribution is -2.43. The molecule has 1 atom stereocenters. The van der Waals surface area contributed by atoms with E-state index in [0.29, 0.717) is 6.07 Å². The molecule has 176 valence electrons. The van der Waals surface area contributed by atoms with Gasteiger partial charge in [0.1, 0.15) is 5.69 Å². The summed E-state index contributed by atoms with van der Waals surface area (Å²) < 4.78 is 114. The summed E-state index contributed by atoms with van der Waals surface area (Å²) in [5.41, 5.74) is -2.68. The first-order valence-electron chi connectivity index (χ1n) is 8.97. The van der Waals surface area contributed by atoms with Crippen molar-refractivity contribution in [1.82, 2.24) is 15.2 Å². The van der Waals surface area contributed by atoms with Crippen LogP contribution in [0.15, 0.2) is 10.5 Å². The fourth-order valence-electron chi connectivity index (χ4n) is 3.10. The van der Waals surface area contributed by atoms with Gasteiger partial charge in [-0.2, -0.15) is 26.3 Å². The standard InChI is InChI=1S/C17H14F8N4O3/c18-14(19)3-1-2-9(30)10-7(16(20,21)22)6-8(26)11(27-10)12-28-29-13(32-12)15(31,5-4-14)17(23,24)25/h6,31H,1-5,26H2. The fourth-order valence-corrected chi connectivity index (χ4v) is 3.10. The summed E-state index contributed by atoms with van der Waals surface area (Å²) in [5.74, 6) is -7.48. The summed E-state index contributed by atoms with van der Waals surface area (Å²) in [5, 5.41) is 16.4. The number of ketones is 1. The zero-order valence-electron chi connectivity index (χ0n) is 15.8. The molecule has 4 bridgehead atoms. The molecule has 0 spiro atoms. The van der Waals surface area contributed by atoms with E-state index < -0.39 is 96.2 Å². The number of hydrogen-bond acceptors (Lipinski definition) is 7. The Hall–Kier alpha value is -2.84. The van der Waals surface area contributed by atoms with Crippen LogP contribution >= 0.6 is 0 Å². The van der Waals surface area contributed by atoms with Crippen LogP contribution in [0.1, 0.15) is 54.0 Å². The Morgan fingerprint density at radius 2 is 1.69 bits per heavy atom. The lowest BCUT2D eigenvalue weighted by molar-refractivity contribution is -0.280. The number of rotatable bonds is 0. The van der Waals surface area contributed by atoms with Crippen LogP contribution in [0.3, 0.4) is 0 Å². The lowest BCUT2D eigenvalue weighted by atomic mass is 9.92. The number of Topliss-reactive ketones (excluding diaryl/α,β-unsaturated/α-hetero) is 1. The van der Waals surface area contributed by atoms with Crippen molar-refractivity contribution in [3.05, 3.63) is 23.2 Å². The molecule has 2 aromatic heterocycles. The van der Waals surface area contributed by atoms with E-state index in [2.05, 4.69) is 15.2 Å². The second-order valence-corrected chi connectivity index (χ2v) is 7.22. The van der Waals surface area contributed by atoms with E-state index in [0.717, 1.165) is 0 Å².